The Hall–Kier alpha value is -2.84. The lowest BCUT2D eigenvalue weighted by molar-refractivity contribution is -0.135. The van der Waals surface area contributed by atoms with Gasteiger partial charge in [-0.05, 0) is 5.92 Å². The number of carbonyl (C=O) groups excluding carboxylic acids is 1. The lowest BCUT2D eigenvalue weighted by atomic mass is 10.1. The van der Waals surface area contributed by atoms with Crippen molar-refractivity contribution in [1.82, 2.24) is 19.9 Å². The van der Waals surface area contributed by atoms with Crippen LogP contribution >= 0.6 is 0 Å². The maximum Gasteiger partial charge on any atom is 0.322 e. The number of aromatic amines is 1. The number of nitrogens with zero attached hydrogens (tertiary/aromatic N) is 2. The zero-order valence-corrected chi connectivity index (χ0v) is 12.8. The van der Waals surface area contributed by atoms with Gasteiger partial charge in [-0.3, -0.25) is 19.5 Å². The van der Waals surface area contributed by atoms with Crippen LogP contribution in [0.3, 0.4) is 0 Å². The fourth-order valence-electron chi connectivity index (χ4n) is 1.88. The zero-order valence-electron chi connectivity index (χ0n) is 12.8. The molecule has 0 aliphatic rings. The van der Waals surface area contributed by atoms with Gasteiger partial charge < -0.3 is 15.2 Å². The first-order chi connectivity index (χ1) is 10.9. The molecule has 0 spiro atoms. The molecule has 0 aromatic carbocycles. The number of hydrogen-bond acceptors (Lipinski definition) is 5. The highest BCUT2D eigenvalue weighted by molar-refractivity contribution is 6.00. The standard InChI is InChI=1S/C14H18N4O5/c1-3-8(2)6-23-10-4-9(19)12(13-16-7-17-18(10)13)14(22)15-5-11(20)21/h4,7-8H,3,5-6H2,1-2H3,(H,15,22)(H,16,17)(H,20,21). The largest absolute Gasteiger partial charge is 0.480 e. The van der Waals surface area contributed by atoms with Crippen molar-refractivity contribution in [2.24, 2.45) is 5.92 Å². The van der Waals surface area contributed by atoms with Crippen molar-refractivity contribution in [3.8, 4) is 5.88 Å². The molecule has 23 heavy (non-hydrogen) atoms. The first-order valence-electron chi connectivity index (χ1n) is 7.16. The highest BCUT2D eigenvalue weighted by atomic mass is 16.5. The first-order valence-corrected chi connectivity index (χ1v) is 7.16. The Morgan fingerprint density at radius 3 is 2.91 bits per heavy atom. The van der Waals surface area contributed by atoms with Gasteiger partial charge in [0.25, 0.3) is 5.91 Å². The second-order valence-corrected chi connectivity index (χ2v) is 5.17. The molecule has 3 N–H and O–H groups in total. The van der Waals surface area contributed by atoms with Crippen LogP contribution in [0.15, 0.2) is 17.2 Å². The molecule has 0 radical (unpaired) electrons. The van der Waals surface area contributed by atoms with Crippen molar-refractivity contribution >= 4 is 17.5 Å². The van der Waals surface area contributed by atoms with E-state index in [1.54, 1.807) is 0 Å². The Bertz CT molecular complexity index is 779. The summed E-state index contributed by atoms with van der Waals surface area (Å²) in [6.07, 6.45) is 2.25. The number of ether oxygens (including phenoxy) is 1. The highest BCUT2D eigenvalue weighted by Gasteiger charge is 2.20. The van der Waals surface area contributed by atoms with E-state index in [4.69, 9.17) is 9.84 Å². The molecule has 2 aromatic heterocycles. The fourth-order valence-corrected chi connectivity index (χ4v) is 1.88. The quantitative estimate of drug-likeness (QED) is 0.671. The summed E-state index contributed by atoms with van der Waals surface area (Å²) in [7, 11) is 0. The average Bonchev–Trinajstić information content (AvgIpc) is 2.99. The third-order valence-corrected chi connectivity index (χ3v) is 3.37. The summed E-state index contributed by atoms with van der Waals surface area (Å²) in [5, 5.41) is 13.5. The zero-order chi connectivity index (χ0) is 17.0. The van der Waals surface area contributed by atoms with Crippen LogP contribution < -0.4 is 15.5 Å². The van der Waals surface area contributed by atoms with Crippen molar-refractivity contribution in [3.63, 3.8) is 0 Å². The molecular weight excluding hydrogens is 304 g/mol. The molecule has 0 saturated heterocycles. The van der Waals surface area contributed by atoms with E-state index in [1.807, 2.05) is 13.8 Å². The molecule has 9 nitrogen and oxygen atoms in total. The molecule has 9 heteroatoms. The second-order valence-electron chi connectivity index (χ2n) is 5.17. The van der Waals surface area contributed by atoms with Crippen LogP contribution in [0.4, 0.5) is 0 Å². The minimum atomic E-state index is -1.20. The Kier molecular flexibility index (Phi) is 4.99. The predicted octanol–water partition coefficient (Wildman–Crippen LogP) is 0.262. The summed E-state index contributed by atoms with van der Waals surface area (Å²) in [5.41, 5.74) is -0.734. The van der Waals surface area contributed by atoms with Gasteiger partial charge in [0.1, 0.15) is 18.4 Å². The first kappa shape index (κ1) is 16.5. The summed E-state index contributed by atoms with van der Waals surface area (Å²) in [5.74, 6) is -1.44. The molecule has 124 valence electrons. The maximum atomic E-state index is 12.2. The molecule has 0 bridgehead atoms. The number of H-pyrrole nitrogens is 1. The highest BCUT2D eigenvalue weighted by Crippen LogP contribution is 2.14. The Labute approximate surface area is 131 Å². The van der Waals surface area contributed by atoms with Crippen molar-refractivity contribution in [1.29, 1.82) is 0 Å². The number of aromatic nitrogens is 3. The third-order valence-electron chi connectivity index (χ3n) is 3.37. The molecule has 2 aromatic rings. The molecule has 1 amide bonds. The number of aliphatic carboxylic acids is 1. The maximum absolute atomic E-state index is 12.2. The van der Waals surface area contributed by atoms with Gasteiger partial charge in [0.2, 0.25) is 11.3 Å². The second kappa shape index (κ2) is 6.95. The fraction of sp³-hybridized carbons (Fsp3) is 0.429. The molecule has 0 aliphatic heterocycles. The number of carboxylic acid groups (broad SMARTS) is 1. The normalized spacial score (nSPS) is 12.1. The predicted molar refractivity (Wildman–Crippen MR) is 80.7 cm³/mol. The molecule has 0 fully saturated rings. The van der Waals surface area contributed by atoms with Crippen molar-refractivity contribution in [3.05, 3.63) is 28.2 Å². The van der Waals surface area contributed by atoms with E-state index in [9.17, 15) is 14.4 Å². The molecule has 1 unspecified atom stereocenters. The smallest absolute Gasteiger partial charge is 0.322 e. The molecule has 2 rings (SSSR count). The van der Waals surface area contributed by atoms with Gasteiger partial charge in [-0.2, -0.15) is 0 Å². The van der Waals surface area contributed by atoms with E-state index in [2.05, 4.69) is 15.4 Å². The van der Waals surface area contributed by atoms with Crippen LogP contribution in [0.5, 0.6) is 5.88 Å². The summed E-state index contributed by atoms with van der Waals surface area (Å²) in [4.78, 5) is 38.7. The number of hydrogen-bond donors (Lipinski definition) is 3. The summed E-state index contributed by atoms with van der Waals surface area (Å²) in [6.45, 7) is 3.88. The summed E-state index contributed by atoms with van der Waals surface area (Å²) >= 11 is 0. The van der Waals surface area contributed by atoms with Crippen molar-refractivity contribution in [2.45, 2.75) is 20.3 Å². The Balaban J connectivity index is 2.36. The van der Waals surface area contributed by atoms with Gasteiger partial charge in [-0.25, -0.2) is 9.50 Å². The lowest BCUT2D eigenvalue weighted by Gasteiger charge is -2.12. The number of rotatable bonds is 7. The molecular formula is C14H18N4O5. The van der Waals surface area contributed by atoms with E-state index in [0.29, 0.717) is 12.5 Å². The Morgan fingerprint density at radius 2 is 2.26 bits per heavy atom. The number of nitrogens with one attached hydrogen (secondary N) is 2. The van der Waals surface area contributed by atoms with Crippen LogP contribution in [0.25, 0.3) is 5.65 Å². The van der Waals surface area contributed by atoms with Gasteiger partial charge in [0, 0.05) is 6.07 Å². The minimum absolute atomic E-state index is 0.0829. The number of fused-ring (bicyclic) bond motifs is 1. The van der Waals surface area contributed by atoms with E-state index < -0.39 is 23.9 Å². The monoisotopic (exact) mass is 322 g/mol. The van der Waals surface area contributed by atoms with E-state index in [0.717, 1.165) is 6.42 Å². The minimum Gasteiger partial charge on any atom is -0.480 e. The van der Waals surface area contributed by atoms with Gasteiger partial charge in [0.05, 0.1) is 6.61 Å². The van der Waals surface area contributed by atoms with Gasteiger partial charge in [-0.15, -0.1) is 0 Å². The van der Waals surface area contributed by atoms with E-state index in [-0.39, 0.29) is 17.1 Å². The topological polar surface area (TPSA) is 126 Å². The van der Waals surface area contributed by atoms with Crippen LogP contribution in [0, 0.1) is 5.92 Å². The molecule has 1 atom stereocenters. The van der Waals surface area contributed by atoms with Crippen LogP contribution in [0.1, 0.15) is 30.6 Å². The summed E-state index contributed by atoms with van der Waals surface area (Å²) < 4.78 is 6.98. The number of carbonyl (C=O) groups is 2. The van der Waals surface area contributed by atoms with Gasteiger partial charge in [-0.1, -0.05) is 20.3 Å². The van der Waals surface area contributed by atoms with Crippen LogP contribution in [-0.4, -0.2) is 44.7 Å². The van der Waals surface area contributed by atoms with E-state index in [1.165, 1.54) is 16.9 Å². The number of pyridine rings is 1. The average molecular weight is 322 g/mol. The van der Waals surface area contributed by atoms with Gasteiger partial charge >= 0.3 is 5.97 Å². The molecule has 0 saturated carbocycles. The number of amides is 1. The summed E-state index contributed by atoms with van der Waals surface area (Å²) in [6, 6.07) is 1.18. The SMILES string of the molecule is CCC(C)COc1cc(=O)c(C(=O)NCC(=O)O)c2nc[nH]n12. The van der Waals surface area contributed by atoms with Gasteiger partial charge in [0.15, 0.2) is 5.65 Å². The van der Waals surface area contributed by atoms with Crippen molar-refractivity contribution < 1.29 is 19.4 Å². The van der Waals surface area contributed by atoms with E-state index >= 15 is 0 Å². The lowest BCUT2D eigenvalue weighted by Crippen LogP contribution is -2.33. The van der Waals surface area contributed by atoms with Crippen LogP contribution in [-0.2, 0) is 4.79 Å². The number of carboxylic acids is 1. The molecule has 2 heterocycles. The van der Waals surface area contributed by atoms with Crippen LogP contribution in [0.2, 0.25) is 0 Å². The third kappa shape index (κ3) is 3.68. The molecule has 0 aliphatic carbocycles. The van der Waals surface area contributed by atoms with Crippen molar-refractivity contribution in [2.75, 3.05) is 13.2 Å². The Morgan fingerprint density at radius 1 is 1.52 bits per heavy atom.